The second-order valence-electron chi connectivity index (χ2n) is 7.38. The van der Waals surface area contributed by atoms with Crippen LogP contribution >= 0.6 is 0 Å². The molecule has 1 fully saturated rings. The van der Waals surface area contributed by atoms with Crippen LogP contribution in [0.25, 0.3) is 11.4 Å². The maximum Gasteiger partial charge on any atom is 0.321 e. The van der Waals surface area contributed by atoms with Gasteiger partial charge in [0.15, 0.2) is 6.61 Å². The van der Waals surface area contributed by atoms with Crippen molar-refractivity contribution >= 4 is 17.7 Å². The molecular weight excluding hydrogens is 412 g/mol. The molecule has 1 saturated heterocycles. The molecule has 0 bridgehead atoms. The standard InChI is InChI=1S/C23H24N4O5/c1-30-19-10-6-5-9-18(19)21-25-20(32-26-21)15-31-22(28)16-11-13-27(14-12-16)23(29)24-17-7-3-2-4-8-17/h2-10,16H,11-15H2,1H3,(H,24,29). The van der Waals surface area contributed by atoms with E-state index in [2.05, 4.69) is 15.5 Å². The van der Waals surface area contributed by atoms with Crippen LogP contribution < -0.4 is 10.1 Å². The Labute approximate surface area is 185 Å². The largest absolute Gasteiger partial charge is 0.496 e. The number of piperidine rings is 1. The summed E-state index contributed by atoms with van der Waals surface area (Å²) in [5.74, 6) is 0.600. The van der Waals surface area contributed by atoms with E-state index in [-0.39, 0.29) is 30.4 Å². The van der Waals surface area contributed by atoms with Gasteiger partial charge in [-0.3, -0.25) is 4.79 Å². The van der Waals surface area contributed by atoms with Crippen LogP contribution in [0, 0.1) is 5.92 Å². The Hall–Kier alpha value is -3.88. The van der Waals surface area contributed by atoms with Gasteiger partial charge in [-0.25, -0.2) is 4.79 Å². The summed E-state index contributed by atoms with van der Waals surface area (Å²) in [6.07, 6.45) is 1.08. The first-order valence-corrected chi connectivity index (χ1v) is 10.4. The molecule has 4 rings (SSSR count). The van der Waals surface area contributed by atoms with Crippen LogP contribution in [-0.4, -0.2) is 47.2 Å². The molecule has 32 heavy (non-hydrogen) atoms. The van der Waals surface area contributed by atoms with Gasteiger partial charge in [0.2, 0.25) is 5.82 Å². The van der Waals surface area contributed by atoms with Gasteiger partial charge in [0.25, 0.3) is 5.89 Å². The number of ether oxygens (including phenoxy) is 2. The Morgan fingerprint density at radius 1 is 1.09 bits per heavy atom. The Morgan fingerprint density at radius 3 is 2.56 bits per heavy atom. The number of rotatable bonds is 6. The van der Waals surface area contributed by atoms with E-state index < -0.39 is 0 Å². The predicted molar refractivity (Wildman–Crippen MR) is 116 cm³/mol. The number of nitrogens with zero attached hydrogens (tertiary/aromatic N) is 3. The van der Waals surface area contributed by atoms with E-state index in [0.717, 1.165) is 5.69 Å². The molecule has 9 heteroatoms. The number of likely N-dealkylation sites (tertiary alicyclic amines) is 1. The number of amides is 2. The first-order chi connectivity index (χ1) is 15.6. The van der Waals surface area contributed by atoms with Crippen LogP contribution in [0.5, 0.6) is 5.75 Å². The summed E-state index contributed by atoms with van der Waals surface area (Å²) in [4.78, 5) is 30.8. The molecule has 0 atom stereocenters. The highest BCUT2D eigenvalue weighted by molar-refractivity contribution is 5.89. The Bertz CT molecular complexity index is 1060. The molecule has 166 valence electrons. The second kappa shape index (κ2) is 9.95. The van der Waals surface area contributed by atoms with Crippen LogP contribution in [0.2, 0.25) is 0 Å². The molecule has 2 amide bonds. The van der Waals surface area contributed by atoms with E-state index in [1.807, 2.05) is 48.5 Å². The maximum absolute atomic E-state index is 12.5. The molecule has 0 spiro atoms. The average molecular weight is 436 g/mol. The van der Waals surface area contributed by atoms with Crippen LogP contribution in [-0.2, 0) is 16.1 Å². The molecular formula is C23H24N4O5. The normalized spacial score (nSPS) is 14.1. The fourth-order valence-electron chi connectivity index (χ4n) is 3.55. The van der Waals surface area contributed by atoms with Gasteiger partial charge in [-0.15, -0.1) is 0 Å². The van der Waals surface area contributed by atoms with Crippen molar-refractivity contribution in [3.05, 3.63) is 60.5 Å². The first kappa shape index (κ1) is 21.4. The van der Waals surface area contributed by atoms with Crippen LogP contribution in [0.15, 0.2) is 59.1 Å². The smallest absolute Gasteiger partial charge is 0.321 e. The number of hydrogen-bond donors (Lipinski definition) is 1. The molecule has 2 aromatic carbocycles. The van der Waals surface area contributed by atoms with Crippen LogP contribution in [0.3, 0.4) is 0 Å². The van der Waals surface area contributed by atoms with Gasteiger partial charge >= 0.3 is 12.0 Å². The van der Waals surface area contributed by atoms with E-state index in [4.69, 9.17) is 14.0 Å². The lowest BCUT2D eigenvalue weighted by Gasteiger charge is -2.30. The van der Waals surface area contributed by atoms with Gasteiger partial charge in [-0.2, -0.15) is 4.98 Å². The minimum atomic E-state index is -0.329. The van der Waals surface area contributed by atoms with Gasteiger partial charge in [0.05, 0.1) is 18.6 Å². The lowest BCUT2D eigenvalue weighted by molar-refractivity contribution is -0.152. The molecule has 0 radical (unpaired) electrons. The summed E-state index contributed by atoms with van der Waals surface area (Å²) < 4.78 is 15.9. The molecule has 3 aromatic rings. The lowest BCUT2D eigenvalue weighted by Crippen LogP contribution is -2.42. The topological polar surface area (TPSA) is 107 Å². The molecule has 1 N–H and O–H groups in total. The molecule has 1 aromatic heterocycles. The van der Waals surface area contributed by atoms with Crippen molar-refractivity contribution in [2.45, 2.75) is 19.4 Å². The van der Waals surface area contributed by atoms with E-state index in [1.165, 1.54) is 0 Å². The van der Waals surface area contributed by atoms with Crippen molar-refractivity contribution in [2.75, 3.05) is 25.5 Å². The third-order valence-corrected chi connectivity index (χ3v) is 5.29. The van der Waals surface area contributed by atoms with Gasteiger partial charge < -0.3 is 24.2 Å². The molecule has 9 nitrogen and oxygen atoms in total. The highest BCUT2D eigenvalue weighted by Gasteiger charge is 2.29. The number of hydrogen-bond acceptors (Lipinski definition) is 7. The zero-order valence-corrected chi connectivity index (χ0v) is 17.7. The number of benzene rings is 2. The van der Waals surface area contributed by atoms with Crippen molar-refractivity contribution in [1.82, 2.24) is 15.0 Å². The molecule has 1 aliphatic heterocycles. The van der Waals surface area contributed by atoms with E-state index in [9.17, 15) is 9.59 Å². The summed E-state index contributed by atoms with van der Waals surface area (Å²) in [7, 11) is 1.57. The zero-order chi connectivity index (χ0) is 22.3. The average Bonchev–Trinajstić information content (AvgIpc) is 3.32. The Morgan fingerprint density at radius 2 is 1.81 bits per heavy atom. The Kier molecular flexibility index (Phi) is 6.64. The number of para-hydroxylation sites is 2. The minimum absolute atomic E-state index is 0.101. The van der Waals surface area contributed by atoms with E-state index in [0.29, 0.717) is 43.1 Å². The van der Waals surface area contributed by atoms with E-state index in [1.54, 1.807) is 18.1 Å². The summed E-state index contributed by atoms with van der Waals surface area (Å²) in [6.45, 7) is 0.865. The second-order valence-corrected chi connectivity index (χ2v) is 7.38. The summed E-state index contributed by atoms with van der Waals surface area (Å²) in [6, 6.07) is 16.4. The quantitative estimate of drug-likeness (QED) is 0.587. The zero-order valence-electron chi connectivity index (χ0n) is 17.7. The number of carbonyl (C=O) groups is 2. The van der Waals surface area contributed by atoms with Crippen LogP contribution in [0.4, 0.5) is 10.5 Å². The number of esters is 1. The highest BCUT2D eigenvalue weighted by atomic mass is 16.6. The Balaban J connectivity index is 1.25. The fourth-order valence-corrected chi connectivity index (χ4v) is 3.55. The van der Waals surface area contributed by atoms with Crippen molar-refractivity contribution in [3.8, 4) is 17.1 Å². The number of nitrogens with one attached hydrogen (secondary N) is 1. The van der Waals surface area contributed by atoms with E-state index >= 15 is 0 Å². The number of carbonyl (C=O) groups excluding carboxylic acids is 2. The van der Waals surface area contributed by atoms with Gasteiger partial charge in [-0.05, 0) is 37.1 Å². The number of methoxy groups -OCH3 is 1. The fraction of sp³-hybridized carbons (Fsp3) is 0.304. The minimum Gasteiger partial charge on any atom is -0.496 e. The predicted octanol–water partition coefficient (Wildman–Crippen LogP) is 3.73. The molecule has 1 aliphatic rings. The van der Waals surface area contributed by atoms with Gasteiger partial charge in [0.1, 0.15) is 5.75 Å². The molecule has 0 unspecified atom stereocenters. The van der Waals surface area contributed by atoms with Crippen LogP contribution in [0.1, 0.15) is 18.7 Å². The highest BCUT2D eigenvalue weighted by Crippen LogP contribution is 2.27. The molecule has 0 saturated carbocycles. The van der Waals surface area contributed by atoms with Gasteiger partial charge in [-0.1, -0.05) is 35.5 Å². The third kappa shape index (κ3) is 5.05. The maximum atomic E-state index is 12.5. The summed E-state index contributed by atoms with van der Waals surface area (Å²) in [5.41, 5.74) is 1.43. The monoisotopic (exact) mass is 436 g/mol. The molecule has 2 heterocycles. The first-order valence-electron chi connectivity index (χ1n) is 10.4. The molecule has 0 aliphatic carbocycles. The summed E-state index contributed by atoms with van der Waals surface area (Å²) >= 11 is 0. The van der Waals surface area contributed by atoms with Gasteiger partial charge in [0, 0.05) is 18.8 Å². The van der Waals surface area contributed by atoms with Crippen molar-refractivity contribution in [2.24, 2.45) is 5.92 Å². The number of anilines is 1. The third-order valence-electron chi connectivity index (χ3n) is 5.29. The lowest BCUT2D eigenvalue weighted by atomic mass is 9.97. The SMILES string of the molecule is COc1ccccc1-c1noc(COC(=O)C2CCN(C(=O)Nc3ccccc3)CC2)n1. The van der Waals surface area contributed by atoms with Crippen molar-refractivity contribution in [1.29, 1.82) is 0 Å². The van der Waals surface area contributed by atoms with Crippen molar-refractivity contribution in [3.63, 3.8) is 0 Å². The van der Waals surface area contributed by atoms with Crippen molar-refractivity contribution < 1.29 is 23.6 Å². The number of urea groups is 1. The summed E-state index contributed by atoms with van der Waals surface area (Å²) in [5, 5.41) is 6.80. The number of aromatic nitrogens is 2.